The molecule has 4 atom stereocenters. The van der Waals surface area contributed by atoms with Gasteiger partial charge in [-0.05, 0) is 57.0 Å². The van der Waals surface area contributed by atoms with Crippen LogP contribution in [0.2, 0.25) is 0 Å². The molecule has 2 aliphatic heterocycles. The maximum Gasteiger partial charge on any atom is 0.151 e. The Labute approximate surface area is 146 Å². The Morgan fingerprint density at radius 1 is 0.708 bits per heavy atom. The molecule has 3 aliphatic rings. The van der Waals surface area contributed by atoms with Crippen molar-refractivity contribution in [1.82, 2.24) is 10.6 Å². The largest absolute Gasteiger partial charge is 0.313 e. The highest BCUT2D eigenvalue weighted by Gasteiger charge is 2.30. The van der Waals surface area contributed by atoms with Crippen LogP contribution in [0, 0.1) is 11.8 Å². The highest BCUT2D eigenvalue weighted by atomic mass is 32.2. The van der Waals surface area contributed by atoms with Gasteiger partial charge in [-0.2, -0.15) is 0 Å². The summed E-state index contributed by atoms with van der Waals surface area (Å²) >= 11 is 0. The van der Waals surface area contributed by atoms with Crippen molar-refractivity contribution in [2.45, 2.75) is 50.6 Å². The monoisotopic (exact) mass is 378 g/mol. The summed E-state index contributed by atoms with van der Waals surface area (Å²) in [5.74, 6) is 2.46. The fraction of sp³-hybridized carbons (Fsp3) is 1.00. The van der Waals surface area contributed by atoms with E-state index in [9.17, 15) is 16.8 Å². The molecule has 1 saturated carbocycles. The molecule has 0 spiro atoms. The zero-order valence-electron chi connectivity index (χ0n) is 14.2. The Bertz CT molecular complexity index is 578. The average molecular weight is 379 g/mol. The molecule has 0 amide bonds. The molecule has 24 heavy (non-hydrogen) atoms. The first-order chi connectivity index (χ1) is 11.3. The molecule has 6 nitrogen and oxygen atoms in total. The van der Waals surface area contributed by atoms with Gasteiger partial charge in [-0.1, -0.05) is 6.42 Å². The lowest BCUT2D eigenvalue weighted by atomic mass is 9.81. The first-order valence-corrected chi connectivity index (χ1v) is 12.8. The van der Waals surface area contributed by atoms with Gasteiger partial charge < -0.3 is 10.6 Å². The number of sulfone groups is 2. The van der Waals surface area contributed by atoms with Crippen LogP contribution in [0.3, 0.4) is 0 Å². The van der Waals surface area contributed by atoms with Crippen LogP contribution in [-0.2, 0) is 19.7 Å². The van der Waals surface area contributed by atoms with E-state index in [0.29, 0.717) is 34.8 Å². The Balaban J connectivity index is 1.37. The third-order valence-electron chi connectivity index (χ3n) is 5.75. The summed E-state index contributed by atoms with van der Waals surface area (Å²) < 4.78 is 46.0. The number of hydrogen-bond acceptors (Lipinski definition) is 6. The van der Waals surface area contributed by atoms with E-state index in [1.165, 1.54) is 19.3 Å². The molecule has 0 aromatic heterocycles. The molecule has 2 N–H and O–H groups in total. The van der Waals surface area contributed by atoms with E-state index in [2.05, 4.69) is 10.6 Å². The van der Waals surface area contributed by atoms with Gasteiger partial charge in [0.15, 0.2) is 19.7 Å². The summed E-state index contributed by atoms with van der Waals surface area (Å²) in [5.41, 5.74) is 0. The maximum atomic E-state index is 11.5. The molecular formula is C16H30N2O4S2. The van der Waals surface area contributed by atoms with E-state index in [-0.39, 0.29) is 12.1 Å². The highest BCUT2D eigenvalue weighted by molar-refractivity contribution is 7.91. The van der Waals surface area contributed by atoms with Crippen LogP contribution >= 0.6 is 0 Å². The van der Waals surface area contributed by atoms with Crippen molar-refractivity contribution in [3.8, 4) is 0 Å². The predicted molar refractivity (Wildman–Crippen MR) is 95.6 cm³/mol. The fourth-order valence-corrected chi connectivity index (χ4v) is 7.77. The van der Waals surface area contributed by atoms with Gasteiger partial charge in [-0.25, -0.2) is 16.8 Å². The van der Waals surface area contributed by atoms with Crippen LogP contribution < -0.4 is 10.6 Å². The van der Waals surface area contributed by atoms with Crippen molar-refractivity contribution in [3.05, 3.63) is 0 Å². The summed E-state index contributed by atoms with van der Waals surface area (Å²) in [6, 6.07) is 0.273. The second-order valence-corrected chi connectivity index (χ2v) is 12.4. The quantitative estimate of drug-likeness (QED) is 0.693. The molecular weight excluding hydrogens is 348 g/mol. The molecule has 0 aromatic rings. The lowest BCUT2D eigenvalue weighted by Crippen LogP contribution is -2.39. The van der Waals surface area contributed by atoms with Crippen molar-refractivity contribution in [2.75, 3.05) is 36.1 Å². The topological polar surface area (TPSA) is 92.3 Å². The highest BCUT2D eigenvalue weighted by Crippen LogP contribution is 2.29. The summed E-state index contributed by atoms with van der Waals surface area (Å²) in [5, 5.41) is 6.91. The third kappa shape index (κ3) is 5.41. The third-order valence-corrected chi connectivity index (χ3v) is 9.28. The second kappa shape index (κ2) is 7.60. The Kier molecular flexibility index (Phi) is 5.89. The zero-order chi connectivity index (χ0) is 17.2. The molecule has 140 valence electrons. The summed E-state index contributed by atoms with van der Waals surface area (Å²) in [4.78, 5) is 0. The van der Waals surface area contributed by atoms with E-state index in [1.54, 1.807) is 0 Å². The lowest BCUT2D eigenvalue weighted by molar-refractivity contribution is 0.244. The normalized spacial score (nSPS) is 38.3. The first kappa shape index (κ1) is 18.6. The number of nitrogens with one attached hydrogen (secondary N) is 2. The van der Waals surface area contributed by atoms with Gasteiger partial charge in [-0.15, -0.1) is 0 Å². The number of rotatable bonds is 6. The SMILES string of the molecule is O=S1(=O)CCC(NCC2CCCC(CNC3CCS(=O)(=O)C3)C2)C1. The molecule has 4 unspecified atom stereocenters. The Hall–Kier alpha value is -0.180. The molecule has 2 heterocycles. The van der Waals surface area contributed by atoms with E-state index < -0.39 is 19.7 Å². The maximum absolute atomic E-state index is 11.5. The van der Waals surface area contributed by atoms with Crippen molar-refractivity contribution in [3.63, 3.8) is 0 Å². The van der Waals surface area contributed by atoms with Crippen molar-refractivity contribution < 1.29 is 16.8 Å². The van der Waals surface area contributed by atoms with Gasteiger partial charge in [0.2, 0.25) is 0 Å². The Morgan fingerprint density at radius 2 is 1.17 bits per heavy atom. The molecule has 2 saturated heterocycles. The van der Waals surface area contributed by atoms with Crippen molar-refractivity contribution in [2.24, 2.45) is 11.8 Å². The molecule has 0 radical (unpaired) electrons. The number of hydrogen-bond donors (Lipinski definition) is 2. The minimum atomic E-state index is -2.81. The Morgan fingerprint density at radius 3 is 1.54 bits per heavy atom. The second-order valence-electron chi connectivity index (χ2n) is 7.92. The summed E-state index contributed by atoms with van der Waals surface area (Å²) in [6.45, 7) is 1.82. The van der Waals surface area contributed by atoms with Crippen LogP contribution in [0.5, 0.6) is 0 Å². The van der Waals surface area contributed by atoms with Crippen molar-refractivity contribution >= 4 is 19.7 Å². The van der Waals surface area contributed by atoms with E-state index >= 15 is 0 Å². The lowest BCUT2D eigenvalue weighted by Gasteiger charge is -2.31. The van der Waals surface area contributed by atoms with Crippen LogP contribution in [0.1, 0.15) is 38.5 Å². The zero-order valence-corrected chi connectivity index (χ0v) is 15.9. The van der Waals surface area contributed by atoms with Gasteiger partial charge in [0.05, 0.1) is 23.0 Å². The molecule has 1 aliphatic carbocycles. The van der Waals surface area contributed by atoms with Gasteiger partial charge in [0, 0.05) is 12.1 Å². The molecule has 3 rings (SSSR count). The predicted octanol–water partition coefficient (Wildman–Crippen LogP) is 0.346. The molecule has 3 fully saturated rings. The standard InChI is InChI=1S/C16H30N2O4S2/c19-23(20)6-4-15(11-23)17-9-13-2-1-3-14(8-13)10-18-16-5-7-24(21,22)12-16/h13-18H,1-12H2. The fourth-order valence-electron chi connectivity index (χ4n) is 4.35. The average Bonchev–Trinajstić information content (AvgIpc) is 3.05. The molecule has 0 aromatic carbocycles. The van der Waals surface area contributed by atoms with Gasteiger partial charge in [-0.3, -0.25) is 0 Å². The summed E-state index contributed by atoms with van der Waals surface area (Å²) in [6.07, 6.45) is 6.28. The van der Waals surface area contributed by atoms with Crippen molar-refractivity contribution in [1.29, 1.82) is 0 Å². The van der Waals surface area contributed by atoms with Gasteiger partial charge >= 0.3 is 0 Å². The summed E-state index contributed by atoms with van der Waals surface area (Å²) in [7, 11) is -5.62. The first-order valence-electron chi connectivity index (χ1n) is 9.19. The van der Waals surface area contributed by atoms with E-state index in [1.807, 2.05) is 0 Å². The van der Waals surface area contributed by atoms with Crippen LogP contribution in [0.15, 0.2) is 0 Å². The van der Waals surface area contributed by atoms with Crippen LogP contribution in [0.4, 0.5) is 0 Å². The molecule has 8 heteroatoms. The smallest absolute Gasteiger partial charge is 0.151 e. The van der Waals surface area contributed by atoms with Crippen LogP contribution in [-0.4, -0.2) is 65.0 Å². The minimum absolute atomic E-state index is 0.136. The van der Waals surface area contributed by atoms with Crippen LogP contribution in [0.25, 0.3) is 0 Å². The van der Waals surface area contributed by atoms with E-state index in [0.717, 1.165) is 32.4 Å². The van der Waals surface area contributed by atoms with Gasteiger partial charge in [0.1, 0.15) is 0 Å². The van der Waals surface area contributed by atoms with Gasteiger partial charge in [0.25, 0.3) is 0 Å². The molecule has 0 bridgehead atoms. The van der Waals surface area contributed by atoms with E-state index in [4.69, 9.17) is 0 Å². The minimum Gasteiger partial charge on any atom is -0.313 e.